The second-order valence-corrected chi connectivity index (χ2v) is 8.14. The number of carbonyl (C=O) groups excluding carboxylic acids is 1. The van der Waals surface area contributed by atoms with Crippen molar-refractivity contribution in [1.29, 1.82) is 0 Å². The number of ether oxygens (including phenoxy) is 3. The van der Waals surface area contributed by atoms with Crippen molar-refractivity contribution in [3.05, 3.63) is 51.1 Å². The van der Waals surface area contributed by atoms with Crippen molar-refractivity contribution in [3.8, 4) is 17.2 Å². The molecule has 0 aliphatic carbocycles. The van der Waals surface area contributed by atoms with E-state index in [1.54, 1.807) is 27.4 Å². The summed E-state index contributed by atoms with van der Waals surface area (Å²) in [5.41, 5.74) is 1.99. The molecular weight excluding hydrogens is 469 g/mol. The molecule has 2 aromatic rings. The number of halogens is 1. The van der Waals surface area contributed by atoms with Crippen molar-refractivity contribution in [1.82, 2.24) is 4.90 Å². The summed E-state index contributed by atoms with van der Waals surface area (Å²) < 4.78 is 16.8. The van der Waals surface area contributed by atoms with Gasteiger partial charge in [-0.25, -0.2) is 0 Å². The van der Waals surface area contributed by atoms with E-state index in [-0.39, 0.29) is 5.91 Å². The average molecular weight is 495 g/mol. The third-order valence-electron chi connectivity index (χ3n) is 5.29. The van der Waals surface area contributed by atoms with E-state index in [2.05, 4.69) is 34.7 Å². The quantitative estimate of drug-likeness (QED) is 0.558. The normalized spacial score (nSPS) is 14.6. The topological polar surface area (TPSA) is 48.0 Å². The summed E-state index contributed by atoms with van der Waals surface area (Å²) in [6.07, 6.45) is 3.07. The Bertz CT molecular complexity index is 814. The van der Waals surface area contributed by atoms with Crippen LogP contribution in [0.4, 0.5) is 0 Å². The number of carbonyl (C=O) groups is 1. The van der Waals surface area contributed by atoms with Gasteiger partial charge in [0.25, 0.3) is 5.91 Å². The highest BCUT2D eigenvalue weighted by Crippen LogP contribution is 2.32. The number of rotatable bonds is 6. The summed E-state index contributed by atoms with van der Waals surface area (Å²) in [6, 6.07) is 11.9. The van der Waals surface area contributed by atoms with Gasteiger partial charge in [0.15, 0.2) is 11.5 Å². The molecule has 0 radical (unpaired) electrons. The van der Waals surface area contributed by atoms with Crippen molar-refractivity contribution in [2.24, 2.45) is 5.92 Å². The molecule has 1 aliphatic heterocycles. The highest BCUT2D eigenvalue weighted by atomic mass is 127. The van der Waals surface area contributed by atoms with Gasteiger partial charge in [-0.15, -0.1) is 0 Å². The maximum absolute atomic E-state index is 13.0. The predicted octanol–water partition coefficient (Wildman–Crippen LogP) is 4.41. The Balaban J connectivity index is 1.62. The predicted molar refractivity (Wildman–Crippen MR) is 118 cm³/mol. The van der Waals surface area contributed by atoms with E-state index < -0.39 is 0 Å². The van der Waals surface area contributed by atoms with Gasteiger partial charge in [0.2, 0.25) is 0 Å². The van der Waals surface area contributed by atoms with E-state index in [9.17, 15) is 4.79 Å². The minimum atomic E-state index is 0.0632. The second kappa shape index (κ2) is 9.49. The molecule has 1 amide bonds. The summed E-state index contributed by atoms with van der Waals surface area (Å²) >= 11 is 2.19. The summed E-state index contributed by atoms with van der Waals surface area (Å²) in [6.45, 7) is 1.56. The summed E-state index contributed by atoms with van der Waals surface area (Å²) in [5.74, 6) is 2.77. The van der Waals surface area contributed by atoms with Crippen LogP contribution in [0.15, 0.2) is 36.4 Å². The molecule has 0 atom stereocenters. The van der Waals surface area contributed by atoms with E-state index in [0.717, 1.165) is 41.7 Å². The number of piperidine rings is 1. The fraction of sp³-hybridized carbons (Fsp3) is 0.409. The van der Waals surface area contributed by atoms with Gasteiger partial charge in [-0.05, 0) is 77.6 Å². The number of hydrogen-bond donors (Lipinski definition) is 0. The summed E-state index contributed by atoms with van der Waals surface area (Å²) in [5, 5.41) is 0. The number of amides is 1. The van der Waals surface area contributed by atoms with E-state index in [4.69, 9.17) is 14.2 Å². The lowest BCUT2D eigenvalue weighted by molar-refractivity contribution is 0.0689. The number of methoxy groups -OCH3 is 3. The van der Waals surface area contributed by atoms with Gasteiger partial charge in [0.1, 0.15) is 5.75 Å². The first-order valence-electron chi connectivity index (χ1n) is 9.39. The Morgan fingerprint density at radius 3 is 2.18 bits per heavy atom. The van der Waals surface area contributed by atoms with Crippen molar-refractivity contribution in [3.63, 3.8) is 0 Å². The lowest BCUT2D eigenvalue weighted by Crippen LogP contribution is -2.39. The van der Waals surface area contributed by atoms with Crippen molar-refractivity contribution < 1.29 is 19.0 Å². The first kappa shape index (κ1) is 20.8. The highest BCUT2D eigenvalue weighted by Gasteiger charge is 2.26. The molecule has 0 N–H and O–H groups in total. The molecule has 2 aromatic carbocycles. The van der Waals surface area contributed by atoms with Crippen LogP contribution >= 0.6 is 22.6 Å². The van der Waals surface area contributed by atoms with Gasteiger partial charge < -0.3 is 19.1 Å². The largest absolute Gasteiger partial charge is 0.497 e. The standard InChI is InChI=1S/C22H26INO4/c1-26-17-6-4-15(5-7-17)12-16-8-10-24(11-9-16)22(25)18-13-20(27-2)21(28-3)14-19(18)23/h4-7,13-14,16H,8-12H2,1-3H3. The third kappa shape index (κ3) is 4.71. The monoisotopic (exact) mass is 495 g/mol. The van der Waals surface area contributed by atoms with Gasteiger partial charge in [-0.2, -0.15) is 0 Å². The Hall–Kier alpha value is -1.96. The Morgan fingerprint density at radius 1 is 1.00 bits per heavy atom. The molecule has 1 fully saturated rings. The molecule has 150 valence electrons. The van der Waals surface area contributed by atoms with Crippen LogP contribution in [0.5, 0.6) is 17.2 Å². The Labute approximate surface area is 180 Å². The van der Waals surface area contributed by atoms with Crippen molar-refractivity contribution in [2.75, 3.05) is 34.4 Å². The summed E-state index contributed by atoms with van der Waals surface area (Å²) in [4.78, 5) is 15.0. The fourth-order valence-electron chi connectivity index (χ4n) is 3.62. The van der Waals surface area contributed by atoms with E-state index in [0.29, 0.717) is 23.0 Å². The van der Waals surface area contributed by atoms with Gasteiger partial charge in [0.05, 0.1) is 26.9 Å². The van der Waals surface area contributed by atoms with Gasteiger partial charge in [-0.1, -0.05) is 12.1 Å². The maximum atomic E-state index is 13.0. The molecular formula is C22H26INO4. The molecule has 0 spiro atoms. The van der Waals surface area contributed by atoms with Crippen molar-refractivity contribution in [2.45, 2.75) is 19.3 Å². The van der Waals surface area contributed by atoms with Crippen LogP contribution in [0.1, 0.15) is 28.8 Å². The lowest BCUT2D eigenvalue weighted by Gasteiger charge is -2.32. The molecule has 0 saturated carbocycles. The molecule has 5 nitrogen and oxygen atoms in total. The molecule has 3 rings (SSSR count). The zero-order valence-electron chi connectivity index (χ0n) is 16.5. The van der Waals surface area contributed by atoms with Crippen LogP contribution in [-0.2, 0) is 6.42 Å². The van der Waals surface area contributed by atoms with Crippen LogP contribution < -0.4 is 14.2 Å². The Kier molecular flexibility index (Phi) is 7.04. The minimum absolute atomic E-state index is 0.0632. The van der Waals surface area contributed by atoms with Gasteiger partial charge in [-0.3, -0.25) is 4.79 Å². The number of benzene rings is 2. The summed E-state index contributed by atoms with van der Waals surface area (Å²) in [7, 11) is 4.87. The average Bonchev–Trinajstić information content (AvgIpc) is 2.74. The maximum Gasteiger partial charge on any atom is 0.255 e. The molecule has 0 unspecified atom stereocenters. The van der Waals surface area contributed by atoms with Gasteiger partial charge >= 0.3 is 0 Å². The SMILES string of the molecule is COc1ccc(CC2CCN(C(=O)c3cc(OC)c(OC)cc3I)CC2)cc1. The van der Waals surface area contributed by atoms with E-state index in [1.807, 2.05) is 23.1 Å². The van der Waals surface area contributed by atoms with Crippen LogP contribution in [0.25, 0.3) is 0 Å². The molecule has 28 heavy (non-hydrogen) atoms. The number of hydrogen-bond acceptors (Lipinski definition) is 4. The van der Waals surface area contributed by atoms with Crippen LogP contribution in [-0.4, -0.2) is 45.2 Å². The first-order chi connectivity index (χ1) is 13.5. The van der Waals surface area contributed by atoms with E-state index >= 15 is 0 Å². The lowest BCUT2D eigenvalue weighted by atomic mass is 9.90. The minimum Gasteiger partial charge on any atom is -0.497 e. The van der Waals surface area contributed by atoms with Crippen molar-refractivity contribution >= 4 is 28.5 Å². The molecule has 1 aliphatic rings. The third-order valence-corrected chi connectivity index (χ3v) is 6.18. The number of nitrogens with zero attached hydrogens (tertiary/aromatic N) is 1. The molecule has 0 aromatic heterocycles. The van der Waals surface area contributed by atoms with Crippen LogP contribution in [0.2, 0.25) is 0 Å². The zero-order valence-corrected chi connectivity index (χ0v) is 18.7. The van der Waals surface area contributed by atoms with Crippen LogP contribution in [0.3, 0.4) is 0 Å². The second-order valence-electron chi connectivity index (χ2n) is 6.97. The fourth-order valence-corrected chi connectivity index (χ4v) is 4.29. The number of likely N-dealkylation sites (tertiary alicyclic amines) is 1. The van der Waals surface area contributed by atoms with Crippen LogP contribution in [0, 0.1) is 9.49 Å². The molecule has 6 heteroatoms. The molecule has 0 bridgehead atoms. The smallest absolute Gasteiger partial charge is 0.255 e. The van der Waals surface area contributed by atoms with Gasteiger partial charge in [0, 0.05) is 16.7 Å². The molecule has 1 saturated heterocycles. The zero-order chi connectivity index (χ0) is 20.1. The first-order valence-corrected chi connectivity index (χ1v) is 10.5. The Morgan fingerprint density at radius 2 is 1.61 bits per heavy atom. The highest BCUT2D eigenvalue weighted by molar-refractivity contribution is 14.1. The molecule has 1 heterocycles. The van der Waals surface area contributed by atoms with E-state index in [1.165, 1.54) is 5.56 Å².